The van der Waals surface area contributed by atoms with Crippen LogP contribution in [0.2, 0.25) is 0 Å². The second-order valence-electron chi connectivity index (χ2n) is 4.36. The number of hydrogen-bond acceptors (Lipinski definition) is 5. The van der Waals surface area contributed by atoms with Crippen LogP contribution < -0.4 is 5.32 Å². The zero-order valence-corrected chi connectivity index (χ0v) is 12.4. The number of rotatable bonds is 4. The van der Waals surface area contributed by atoms with E-state index in [0.29, 0.717) is 12.2 Å². The quantitative estimate of drug-likeness (QED) is 0.878. The molecule has 1 aromatic carbocycles. The van der Waals surface area contributed by atoms with Crippen molar-refractivity contribution in [3.05, 3.63) is 28.8 Å². The lowest BCUT2D eigenvalue weighted by atomic mass is 10.2. The van der Waals surface area contributed by atoms with Gasteiger partial charge in [0.2, 0.25) is 0 Å². The van der Waals surface area contributed by atoms with Gasteiger partial charge in [-0.3, -0.25) is 4.79 Å². The first kappa shape index (κ1) is 14.5. The van der Waals surface area contributed by atoms with E-state index >= 15 is 0 Å². The number of nitrogens with one attached hydrogen (secondary N) is 1. The van der Waals surface area contributed by atoms with Crippen molar-refractivity contribution in [2.24, 2.45) is 0 Å². The monoisotopic (exact) mass is 292 g/mol. The summed E-state index contributed by atoms with van der Waals surface area (Å²) >= 11 is 1.53. The molecule has 0 saturated heterocycles. The van der Waals surface area contributed by atoms with Crippen molar-refractivity contribution in [3.63, 3.8) is 0 Å². The molecular formula is C14H16N2O3S. The lowest BCUT2D eigenvalue weighted by Gasteiger charge is -2.12. The van der Waals surface area contributed by atoms with Gasteiger partial charge in [0.1, 0.15) is 6.04 Å². The van der Waals surface area contributed by atoms with E-state index in [9.17, 15) is 9.59 Å². The maximum Gasteiger partial charge on any atom is 0.328 e. The fourth-order valence-electron chi connectivity index (χ4n) is 1.79. The van der Waals surface area contributed by atoms with E-state index in [4.69, 9.17) is 4.74 Å². The number of esters is 1. The van der Waals surface area contributed by atoms with E-state index in [0.717, 1.165) is 15.2 Å². The number of nitrogens with zero attached hydrogens (tertiary/aromatic N) is 1. The number of benzene rings is 1. The normalized spacial score (nSPS) is 12.2. The molecule has 0 aliphatic rings. The Labute approximate surface area is 121 Å². The minimum absolute atomic E-state index is 0.293. The van der Waals surface area contributed by atoms with Crippen LogP contribution in [0.3, 0.4) is 0 Å². The van der Waals surface area contributed by atoms with Gasteiger partial charge in [-0.1, -0.05) is 0 Å². The molecule has 0 saturated carbocycles. The summed E-state index contributed by atoms with van der Waals surface area (Å²) in [5.74, 6) is -0.728. The van der Waals surface area contributed by atoms with Crippen LogP contribution in [0.25, 0.3) is 10.2 Å². The maximum absolute atomic E-state index is 12.1. The Morgan fingerprint density at radius 1 is 1.45 bits per heavy atom. The van der Waals surface area contributed by atoms with Crippen molar-refractivity contribution >= 4 is 33.4 Å². The summed E-state index contributed by atoms with van der Waals surface area (Å²) in [6.07, 6.45) is 0. The highest BCUT2D eigenvalue weighted by Crippen LogP contribution is 2.22. The molecule has 2 rings (SSSR count). The van der Waals surface area contributed by atoms with Crippen molar-refractivity contribution in [2.75, 3.05) is 6.61 Å². The predicted octanol–water partition coefficient (Wildman–Crippen LogP) is 2.29. The molecule has 20 heavy (non-hydrogen) atoms. The number of ether oxygens (including phenoxy) is 1. The van der Waals surface area contributed by atoms with Gasteiger partial charge in [0, 0.05) is 5.56 Å². The van der Waals surface area contributed by atoms with Crippen LogP contribution in [0.15, 0.2) is 18.2 Å². The minimum Gasteiger partial charge on any atom is -0.464 e. The number of thiazole rings is 1. The van der Waals surface area contributed by atoms with Gasteiger partial charge in [-0.25, -0.2) is 9.78 Å². The number of aromatic nitrogens is 1. The van der Waals surface area contributed by atoms with E-state index < -0.39 is 12.0 Å². The Hall–Kier alpha value is -1.95. The van der Waals surface area contributed by atoms with Crippen molar-refractivity contribution < 1.29 is 14.3 Å². The Bertz CT molecular complexity index is 651. The van der Waals surface area contributed by atoms with Crippen LogP contribution in [-0.2, 0) is 9.53 Å². The van der Waals surface area contributed by atoms with E-state index in [1.54, 1.807) is 26.0 Å². The van der Waals surface area contributed by atoms with Crippen LogP contribution in [0.4, 0.5) is 0 Å². The van der Waals surface area contributed by atoms with Gasteiger partial charge in [0.15, 0.2) is 0 Å². The zero-order chi connectivity index (χ0) is 14.7. The summed E-state index contributed by atoms with van der Waals surface area (Å²) in [6, 6.07) is 4.63. The molecule has 1 N–H and O–H groups in total. The first-order chi connectivity index (χ1) is 9.51. The molecule has 106 valence electrons. The number of hydrogen-bond donors (Lipinski definition) is 1. The van der Waals surface area contributed by atoms with Gasteiger partial charge in [-0.05, 0) is 39.0 Å². The van der Waals surface area contributed by atoms with Gasteiger partial charge in [-0.15, -0.1) is 11.3 Å². The Balaban J connectivity index is 2.12. The average molecular weight is 292 g/mol. The molecule has 1 unspecified atom stereocenters. The first-order valence-electron chi connectivity index (χ1n) is 6.36. The standard InChI is InChI=1S/C14H16N2O3S/c1-4-19-14(18)8(2)15-13(17)10-5-6-11-12(7-10)20-9(3)16-11/h5-8H,4H2,1-3H3,(H,15,17). The molecule has 6 heteroatoms. The van der Waals surface area contributed by atoms with E-state index in [1.165, 1.54) is 11.3 Å². The second-order valence-corrected chi connectivity index (χ2v) is 5.60. The number of fused-ring (bicyclic) bond motifs is 1. The van der Waals surface area contributed by atoms with Crippen LogP contribution >= 0.6 is 11.3 Å². The SMILES string of the molecule is CCOC(=O)C(C)NC(=O)c1ccc2nc(C)sc2c1. The predicted molar refractivity (Wildman–Crippen MR) is 77.9 cm³/mol. The highest BCUT2D eigenvalue weighted by Gasteiger charge is 2.17. The highest BCUT2D eigenvalue weighted by molar-refractivity contribution is 7.18. The minimum atomic E-state index is -0.665. The Morgan fingerprint density at radius 2 is 2.20 bits per heavy atom. The van der Waals surface area contributed by atoms with E-state index in [-0.39, 0.29) is 5.91 Å². The third-order valence-electron chi connectivity index (χ3n) is 2.75. The van der Waals surface area contributed by atoms with E-state index in [2.05, 4.69) is 10.3 Å². The molecular weight excluding hydrogens is 276 g/mol. The maximum atomic E-state index is 12.1. The van der Waals surface area contributed by atoms with Gasteiger partial charge in [0.25, 0.3) is 5.91 Å². The largest absolute Gasteiger partial charge is 0.464 e. The number of carbonyl (C=O) groups is 2. The number of carbonyl (C=O) groups excluding carboxylic acids is 2. The molecule has 1 atom stereocenters. The topological polar surface area (TPSA) is 68.3 Å². The summed E-state index contributed by atoms with van der Waals surface area (Å²) in [6.45, 7) is 5.55. The van der Waals surface area contributed by atoms with Crippen molar-refractivity contribution in [2.45, 2.75) is 26.8 Å². The number of amides is 1. The van der Waals surface area contributed by atoms with Crippen LogP contribution in [0.1, 0.15) is 29.2 Å². The molecule has 0 radical (unpaired) electrons. The van der Waals surface area contributed by atoms with Crippen molar-refractivity contribution in [1.29, 1.82) is 0 Å². The summed E-state index contributed by atoms with van der Waals surface area (Å²) in [7, 11) is 0. The fraction of sp³-hybridized carbons (Fsp3) is 0.357. The third kappa shape index (κ3) is 3.14. The van der Waals surface area contributed by atoms with Gasteiger partial charge in [0.05, 0.1) is 21.8 Å². The lowest BCUT2D eigenvalue weighted by Crippen LogP contribution is -2.39. The molecule has 0 spiro atoms. The average Bonchev–Trinajstić information content (AvgIpc) is 2.77. The summed E-state index contributed by atoms with van der Waals surface area (Å²) < 4.78 is 5.81. The van der Waals surface area contributed by atoms with Crippen LogP contribution in [0, 0.1) is 6.92 Å². The Kier molecular flexibility index (Phi) is 4.34. The summed E-state index contributed by atoms with van der Waals surface area (Å²) in [5.41, 5.74) is 1.39. The molecule has 1 amide bonds. The molecule has 0 aliphatic heterocycles. The van der Waals surface area contributed by atoms with Gasteiger partial charge >= 0.3 is 5.97 Å². The summed E-state index contributed by atoms with van der Waals surface area (Å²) in [5, 5.41) is 3.58. The molecule has 0 aliphatic carbocycles. The second kappa shape index (κ2) is 6.00. The van der Waals surface area contributed by atoms with Gasteiger partial charge < -0.3 is 10.1 Å². The molecule has 1 heterocycles. The Morgan fingerprint density at radius 3 is 2.90 bits per heavy atom. The molecule has 0 fully saturated rings. The summed E-state index contributed by atoms with van der Waals surface area (Å²) in [4.78, 5) is 27.9. The first-order valence-corrected chi connectivity index (χ1v) is 7.17. The molecule has 0 bridgehead atoms. The molecule has 1 aromatic heterocycles. The molecule has 5 nitrogen and oxygen atoms in total. The van der Waals surface area contributed by atoms with Gasteiger partial charge in [-0.2, -0.15) is 0 Å². The molecule has 2 aromatic rings. The van der Waals surface area contributed by atoms with Crippen molar-refractivity contribution in [1.82, 2.24) is 10.3 Å². The van der Waals surface area contributed by atoms with Crippen LogP contribution in [0.5, 0.6) is 0 Å². The highest BCUT2D eigenvalue weighted by atomic mass is 32.1. The van der Waals surface area contributed by atoms with Crippen LogP contribution in [-0.4, -0.2) is 29.5 Å². The number of aryl methyl sites for hydroxylation is 1. The van der Waals surface area contributed by atoms with Crippen molar-refractivity contribution in [3.8, 4) is 0 Å². The fourth-order valence-corrected chi connectivity index (χ4v) is 2.65. The third-order valence-corrected chi connectivity index (χ3v) is 3.68. The zero-order valence-electron chi connectivity index (χ0n) is 11.6. The van der Waals surface area contributed by atoms with E-state index in [1.807, 2.05) is 13.0 Å². The lowest BCUT2D eigenvalue weighted by molar-refractivity contribution is -0.144. The smallest absolute Gasteiger partial charge is 0.328 e.